The number of rotatable bonds is 5. The minimum Gasteiger partial charge on any atom is -0.481 e. The van der Waals surface area contributed by atoms with Crippen LogP contribution in [0.1, 0.15) is 26.2 Å². The predicted octanol–water partition coefficient (Wildman–Crippen LogP) is -3.91. The van der Waals surface area contributed by atoms with Crippen LogP contribution in [0.5, 0.6) is 0 Å². The lowest BCUT2D eigenvalue weighted by Crippen LogP contribution is -2.59. The van der Waals surface area contributed by atoms with Gasteiger partial charge in [0.15, 0.2) is 0 Å². The summed E-state index contributed by atoms with van der Waals surface area (Å²) in [5.74, 6) is -4.26. The van der Waals surface area contributed by atoms with Crippen molar-refractivity contribution in [2.45, 2.75) is 44.3 Å². The van der Waals surface area contributed by atoms with Crippen molar-refractivity contribution in [2.24, 2.45) is 0 Å². The molecule has 0 spiro atoms. The molecule has 6 amide bonds. The Balaban J connectivity index is 2.95. The van der Waals surface area contributed by atoms with Gasteiger partial charge in [0.1, 0.15) is 24.7 Å². The average Bonchev–Trinajstić information content (AvgIpc) is 2.82. The largest absolute Gasteiger partial charge is 0.481 e. The summed E-state index contributed by atoms with van der Waals surface area (Å²) in [7, 11) is 0. The van der Waals surface area contributed by atoms with Crippen LogP contribution < -0.4 is 32.1 Å². The first-order chi connectivity index (χ1) is 16.7. The third-order valence-corrected chi connectivity index (χ3v) is 4.59. The van der Waals surface area contributed by atoms with Crippen molar-refractivity contribution in [3.8, 4) is 0 Å². The SMILES string of the molecule is CC[C@@H]1NC(=O)COCCOCCNC(=O)[C@H](CO)NC(=O)N[C@@H](CCC(=O)O)C(=O)NNC1=O. The average molecular weight is 504 g/mol. The fourth-order valence-electron chi connectivity index (χ4n) is 2.73. The molecule has 1 rings (SSSR count). The van der Waals surface area contributed by atoms with Crippen LogP contribution in [-0.4, -0.2) is 104 Å². The zero-order chi connectivity index (χ0) is 26.2. The lowest BCUT2D eigenvalue weighted by atomic mass is 10.1. The van der Waals surface area contributed by atoms with E-state index in [2.05, 4.69) is 32.1 Å². The molecule has 3 atom stereocenters. The van der Waals surface area contributed by atoms with Crippen LogP contribution >= 0.6 is 0 Å². The maximum atomic E-state index is 12.5. The molecule has 0 unspecified atom stereocenters. The molecule has 0 bridgehead atoms. The van der Waals surface area contributed by atoms with E-state index in [0.29, 0.717) is 0 Å². The van der Waals surface area contributed by atoms with Crippen molar-refractivity contribution in [3.63, 3.8) is 0 Å². The van der Waals surface area contributed by atoms with Gasteiger partial charge in [-0.3, -0.25) is 34.8 Å². The van der Waals surface area contributed by atoms with Crippen molar-refractivity contribution in [1.82, 2.24) is 32.1 Å². The number of carboxylic acids is 1. The summed E-state index contributed by atoms with van der Waals surface area (Å²) >= 11 is 0. The zero-order valence-electron chi connectivity index (χ0n) is 19.3. The standard InChI is InChI=1S/C19H32N6O10/c1-2-11-17(31)24-25-18(32)12(3-4-15(28)29)22-19(33)23-13(9-26)16(30)20-5-6-34-7-8-35-10-14(27)21-11/h11-13,26H,2-10H2,1H3,(H,20,30)(H,21,27)(H,24,31)(H,25,32)(H,28,29)(H2,22,23,33)/t11-,12-,13-/m0/s1. The van der Waals surface area contributed by atoms with Crippen LogP contribution in [0.2, 0.25) is 0 Å². The van der Waals surface area contributed by atoms with Gasteiger partial charge in [0.2, 0.25) is 11.8 Å². The van der Waals surface area contributed by atoms with Crippen LogP contribution in [0.25, 0.3) is 0 Å². The van der Waals surface area contributed by atoms with Crippen molar-refractivity contribution in [2.75, 3.05) is 39.6 Å². The van der Waals surface area contributed by atoms with E-state index in [1.165, 1.54) is 0 Å². The minimum absolute atomic E-state index is 0.0503. The molecule has 1 saturated heterocycles. The number of ether oxygens (including phenoxy) is 2. The Hall–Kier alpha value is -3.50. The van der Waals surface area contributed by atoms with Gasteiger partial charge in [0.25, 0.3) is 11.8 Å². The first-order valence-electron chi connectivity index (χ1n) is 10.9. The zero-order valence-corrected chi connectivity index (χ0v) is 19.3. The lowest BCUT2D eigenvalue weighted by molar-refractivity contribution is -0.137. The smallest absolute Gasteiger partial charge is 0.316 e. The van der Waals surface area contributed by atoms with Gasteiger partial charge in [0, 0.05) is 13.0 Å². The number of carboxylic acid groups (broad SMARTS) is 1. The quantitative estimate of drug-likeness (QED) is 0.181. The van der Waals surface area contributed by atoms with Crippen LogP contribution in [0.15, 0.2) is 0 Å². The molecule has 0 aromatic carbocycles. The van der Waals surface area contributed by atoms with Gasteiger partial charge in [-0.1, -0.05) is 6.92 Å². The summed E-state index contributed by atoms with van der Waals surface area (Å²) in [4.78, 5) is 72.2. The van der Waals surface area contributed by atoms with E-state index in [0.717, 1.165) is 0 Å². The van der Waals surface area contributed by atoms with E-state index in [1.54, 1.807) is 6.92 Å². The molecule has 8 N–H and O–H groups in total. The summed E-state index contributed by atoms with van der Waals surface area (Å²) in [5, 5.41) is 27.6. The monoisotopic (exact) mass is 504 g/mol. The number of aliphatic hydroxyl groups excluding tert-OH is 1. The van der Waals surface area contributed by atoms with E-state index >= 15 is 0 Å². The highest BCUT2D eigenvalue weighted by molar-refractivity contribution is 5.93. The number of hydrogen-bond acceptors (Lipinski definition) is 9. The highest BCUT2D eigenvalue weighted by Crippen LogP contribution is 1.99. The Morgan fingerprint density at radius 1 is 0.886 bits per heavy atom. The highest BCUT2D eigenvalue weighted by atomic mass is 16.5. The van der Waals surface area contributed by atoms with E-state index in [1.807, 2.05) is 0 Å². The van der Waals surface area contributed by atoms with Crippen molar-refractivity contribution in [3.05, 3.63) is 0 Å². The first-order valence-corrected chi connectivity index (χ1v) is 10.9. The second-order valence-corrected chi connectivity index (χ2v) is 7.30. The van der Waals surface area contributed by atoms with Crippen LogP contribution in [0.4, 0.5) is 4.79 Å². The molecule has 0 saturated carbocycles. The van der Waals surface area contributed by atoms with Gasteiger partial charge >= 0.3 is 12.0 Å². The Morgan fingerprint density at radius 2 is 1.51 bits per heavy atom. The molecule has 16 nitrogen and oxygen atoms in total. The molecular weight excluding hydrogens is 472 g/mol. The topological polar surface area (TPSA) is 234 Å². The Bertz CT molecular complexity index is 764. The fraction of sp³-hybridized carbons (Fsp3) is 0.684. The number of hydrazine groups is 1. The molecule has 1 aliphatic rings. The van der Waals surface area contributed by atoms with Gasteiger partial charge in [-0.25, -0.2) is 4.79 Å². The molecule has 0 aromatic heterocycles. The van der Waals surface area contributed by atoms with E-state index in [9.17, 15) is 33.9 Å². The molecule has 0 radical (unpaired) electrons. The first kappa shape index (κ1) is 29.5. The van der Waals surface area contributed by atoms with Gasteiger partial charge in [-0.05, 0) is 12.8 Å². The van der Waals surface area contributed by atoms with Crippen LogP contribution in [0.3, 0.4) is 0 Å². The number of nitrogens with one attached hydrogen (secondary N) is 6. The summed E-state index contributed by atoms with van der Waals surface area (Å²) in [6.45, 7) is 0.847. The lowest BCUT2D eigenvalue weighted by Gasteiger charge is -2.22. The number of aliphatic hydroxyl groups is 1. The Morgan fingerprint density at radius 3 is 2.14 bits per heavy atom. The molecule has 198 valence electrons. The van der Waals surface area contributed by atoms with Crippen LogP contribution in [0, 0.1) is 0 Å². The highest BCUT2D eigenvalue weighted by Gasteiger charge is 2.26. The van der Waals surface area contributed by atoms with E-state index in [-0.39, 0.29) is 45.8 Å². The fourth-order valence-corrected chi connectivity index (χ4v) is 2.73. The van der Waals surface area contributed by atoms with Gasteiger partial charge in [0.05, 0.1) is 26.4 Å². The number of carbonyl (C=O) groups is 6. The third-order valence-electron chi connectivity index (χ3n) is 4.59. The van der Waals surface area contributed by atoms with Crippen molar-refractivity contribution >= 4 is 35.6 Å². The molecular formula is C19H32N6O10. The summed E-state index contributed by atoms with van der Waals surface area (Å²) < 4.78 is 10.4. The molecule has 1 heterocycles. The molecule has 1 aliphatic heterocycles. The number of aliphatic carboxylic acids is 1. The van der Waals surface area contributed by atoms with Gasteiger partial charge in [-0.15, -0.1) is 0 Å². The summed E-state index contributed by atoms with van der Waals surface area (Å²) in [6.07, 6.45) is -0.657. The number of hydrogen-bond donors (Lipinski definition) is 8. The minimum atomic E-state index is -1.42. The van der Waals surface area contributed by atoms with E-state index in [4.69, 9.17) is 14.6 Å². The third kappa shape index (κ3) is 12.0. The number of amides is 6. The summed E-state index contributed by atoms with van der Waals surface area (Å²) in [6, 6.07) is -4.82. The van der Waals surface area contributed by atoms with E-state index < -0.39 is 66.8 Å². The number of carbonyl (C=O) groups excluding carboxylic acids is 5. The molecule has 0 aliphatic carbocycles. The maximum absolute atomic E-state index is 12.5. The second-order valence-electron chi connectivity index (χ2n) is 7.30. The molecule has 1 fully saturated rings. The molecule has 0 aromatic rings. The Kier molecular flexibility index (Phi) is 13.7. The normalized spacial score (nSPS) is 24.4. The maximum Gasteiger partial charge on any atom is 0.316 e. The Labute approximate surface area is 200 Å². The van der Waals surface area contributed by atoms with Crippen LogP contribution in [-0.2, 0) is 33.4 Å². The van der Waals surface area contributed by atoms with Crippen molar-refractivity contribution < 1.29 is 48.5 Å². The van der Waals surface area contributed by atoms with Crippen molar-refractivity contribution in [1.29, 1.82) is 0 Å². The van der Waals surface area contributed by atoms with Gasteiger partial charge < -0.3 is 41.0 Å². The predicted molar refractivity (Wildman–Crippen MR) is 116 cm³/mol. The van der Waals surface area contributed by atoms with Gasteiger partial charge in [-0.2, -0.15) is 0 Å². The number of urea groups is 1. The molecule has 16 heteroatoms. The second kappa shape index (κ2) is 16.2. The molecule has 35 heavy (non-hydrogen) atoms. The summed E-state index contributed by atoms with van der Waals surface area (Å²) in [5.41, 5.74) is 4.18.